The molecular weight excluding hydrogens is 240 g/mol. The fraction of sp³-hybridized carbons (Fsp3) is 0.857. The van der Waals surface area contributed by atoms with Crippen LogP contribution in [0.15, 0.2) is 0 Å². The Kier molecular flexibility index (Phi) is 3.97. The molecule has 1 N–H and O–H groups in total. The average Bonchev–Trinajstić information content (AvgIpc) is 2.66. The summed E-state index contributed by atoms with van der Waals surface area (Å²) in [5.74, 6) is 1.96. The number of nitrogens with one attached hydrogen (secondary N) is 1. The minimum atomic E-state index is 0.0931. The first-order valence-electron chi connectivity index (χ1n) is 7.01. The van der Waals surface area contributed by atoms with Gasteiger partial charge >= 0.3 is 0 Å². The second kappa shape index (κ2) is 5.21. The van der Waals surface area contributed by atoms with Gasteiger partial charge in [-0.3, -0.25) is 0 Å². The van der Waals surface area contributed by atoms with Crippen LogP contribution < -0.4 is 5.32 Å². The molecule has 5 heteroatoms. The number of aromatic nitrogens is 3. The van der Waals surface area contributed by atoms with Gasteiger partial charge in [0, 0.05) is 12.1 Å². The van der Waals surface area contributed by atoms with Crippen LogP contribution in [0, 0.1) is 5.41 Å². The predicted molar refractivity (Wildman–Crippen MR) is 74.7 cm³/mol. The molecule has 0 radical (unpaired) electrons. The minimum Gasteiger partial charge on any atom is -0.372 e. The van der Waals surface area contributed by atoms with Crippen molar-refractivity contribution in [2.45, 2.75) is 66.3 Å². The summed E-state index contributed by atoms with van der Waals surface area (Å²) in [4.78, 5) is 0. The fourth-order valence-electron chi connectivity index (χ4n) is 2.89. The summed E-state index contributed by atoms with van der Waals surface area (Å²) in [7, 11) is 0. The molecule has 2 heterocycles. The van der Waals surface area contributed by atoms with Gasteiger partial charge in [0.2, 0.25) is 0 Å². The Morgan fingerprint density at radius 3 is 2.63 bits per heavy atom. The van der Waals surface area contributed by atoms with E-state index in [1.54, 1.807) is 0 Å². The number of ether oxygens (including phenoxy) is 1. The van der Waals surface area contributed by atoms with Gasteiger partial charge in [-0.05, 0) is 25.7 Å². The summed E-state index contributed by atoms with van der Waals surface area (Å²) < 4.78 is 7.55. The molecule has 0 saturated carbocycles. The quantitative estimate of drug-likeness (QED) is 0.907. The smallest absolute Gasteiger partial charge is 0.159 e. The van der Waals surface area contributed by atoms with Crippen LogP contribution in [-0.2, 0) is 24.4 Å². The van der Waals surface area contributed by atoms with Gasteiger partial charge in [0.1, 0.15) is 12.4 Å². The summed E-state index contributed by atoms with van der Waals surface area (Å²) in [6.45, 7) is 14.3. The topological polar surface area (TPSA) is 52.0 Å². The first-order valence-corrected chi connectivity index (χ1v) is 7.01. The maximum absolute atomic E-state index is 5.38. The molecule has 1 aliphatic rings. The number of fused-ring (bicyclic) bond motifs is 1. The molecule has 5 nitrogen and oxygen atoms in total. The van der Waals surface area contributed by atoms with Gasteiger partial charge in [-0.2, -0.15) is 0 Å². The maximum Gasteiger partial charge on any atom is 0.159 e. The van der Waals surface area contributed by atoms with Crippen molar-refractivity contribution in [3.8, 4) is 0 Å². The molecule has 0 atom stereocenters. The predicted octanol–water partition coefficient (Wildman–Crippen LogP) is 2.11. The second-order valence-electron chi connectivity index (χ2n) is 7.21. The van der Waals surface area contributed by atoms with E-state index in [1.807, 2.05) is 0 Å². The van der Waals surface area contributed by atoms with Crippen LogP contribution in [0.5, 0.6) is 0 Å². The van der Waals surface area contributed by atoms with Crippen LogP contribution in [0.4, 0.5) is 0 Å². The van der Waals surface area contributed by atoms with E-state index in [4.69, 9.17) is 4.74 Å². The molecule has 2 rings (SSSR count). The number of nitrogens with zero attached hydrogens (tertiary/aromatic N) is 3. The zero-order valence-electron chi connectivity index (χ0n) is 12.8. The van der Waals surface area contributed by atoms with Crippen molar-refractivity contribution in [3.63, 3.8) is 0 Å². The summed E-state index contributed by atoms with van der Waals surface area (Å²) in [6, 6.07) is 0. The molecule has 0 spiro atoms. The fourth-order valence-corrected chi connectivity index (χ4v) is 2.89. The highest BCUT2D eigenvalue weighted by Gasteiger charge is 2.26. The van der Waals surface area contributed by atoms with Crippen LogP contribution in [0.25, 0.3) is 0 Å². The minimum absolute atomic E-state index is 0.0931. The lowest BCUT2D eigenvalue weighted by Gasteiger charge is -2.33. The zero-order valence-corrected chi connectivity index (χ0v) is 12.8. The Labute approximate surface area is 115 Å². The highest BCUT2D eigenvalue weighted by Crippen LogP contribution is 2.27. The Balaban J connectivity index is 1.97. The number of rotatable bonds is 4. The summed E-state index contributed by atoms with van der Waals surface area (Å²) in [5.41, 5.74) is 0.407. The SMILES string of the molecule is CC(C)(C)CC(C)(C)NCc1nnc2n1CCOC2. The number of hydrogen-bond donors (Lipinski definition) is 1. The van der Waals surface area contributed by atoms with Gasteiger partial charge in [0.25, 0.3) is 0 Å². The van der Waals surface area contributed by atoms with Crippen molar-refractivity contribution < 1.29 is 4.74 Å². The van der Waals surface area contributed by atoms with Crippen molar-refractivity contribution in [2.24, 2.45) is 5.41 Å². The van der Waals surface area contributed by atoms with Crippen LogP contribution in [0.3, 0.4) is 0 Å². The van der Waals surface area contributed by atoms with E-state index >= 15 is 0 Å². The Morgan fingerprint density at radius 2 is 1.95 bits per heavy atom. The van der Waals surface area contributed by atoms with Crippen molar-refractivity contribution in [1.29, 1.82) is 0 Å². The monoisotopic (exact) mass is 266 g/mol. The molecule has 0 unspecified atom stereocenters. The third-order valence-corrected chi connectivity index (χ3v) is 3.29. The molecule has 0 fully saturated rings. The highest BCUT2D eigenvalue weighted by atomic mass is 16.5. The Hall–Kier alpha value is -0.940. The van der Waals surface area contributed by atoms with Gasteiger partial charge in [-0.1, -0.05) is 20.8 Å². The van der Waals surface area contributed by atoms with Gasteiger partial charge in [0.05, 0.1) is 13.2 Å². The highest BCUT2D eigenvalue weighted by molar-refractivity contribution is 4.98. The lowest BCUT2D eigenvalue weighted by Crippen LogP contribution is -2.42. The summed E-state index contributed by atoms with van der Waals surface area (Å²) >= 11 is 0. The third kappa shape index (κ3) is 4.01. The van der Waals surface area contributed by atoms with Crippen molar-refractivity contribution in [2.75, 3.05) is 6.61 Å². The first-order chi connectivity index (χ1) is 8.77. The van der Waals surface area contributed by atoms with E-state index < -0.39 is 0 Å². The summed E-state index contributed by atoms with van der Waals surface area (Å²) in [6.07, 6.45) is 1.12. The zero-order chi connectivity index (χ0) is 14.1. The van der Waals surface area contributed by atoms with Crippen LogP contribution in [-0.4, -0.2) is 26.9 Å². The standard InChI is InChI=1S/C14H26N4O/c1-13(2,3)10-14(4,5)15-8-11-16-17-12-9-19-7-6-18(11)12/h15H,6-10H2,1-5H3. The van der Waals surface area contributed by atoms with Crippen LogP contribution >= 0.6 is 0 Å². The molecule has 19 heavy (non-hydrogen) atoms. The molecule has 1 aromatic rings. The normalized spacial score (nSPS) is 16.5. The molecule has 0 amide bonds. The van der Waals surface area contributed by atoms with E-state index in [1.165, 1.54) is 0 Å². The Morgan fingerprint density at radius 1 is 1.21 bits per heavy atom. The Bertz CT molecular complexity index is 431. The van der Waals surface area contributed by atoms with Crippen LogP contribution in [0.2, 0.25) is 0 Å². The molecular formula is C14H26N4O. The maximum atomic E-state index is 5.38. The van der Waals surface area contributed by atoms with Crippen molar-refractivity contribution in [3.05, 3.63) is 11.6 Å². The largest absolute Gasteiger partial charge is 0.372 e. The van der Waals surface area contributed by atoms with E-state index in [9.17, 15) is 0 Å². The molecule has 0 aromatic carbocycles. The third-order valence-electron chi connectivity index (χ3n) is 3.29. The lowest BCUT2D eigenvalue weighted by atomic mass is 9.82. The van der Waals surface area contributed by atoms with Gasteiger partial charge < -0.3 is 14.6 Å². The average molecular weight is 266 g/mol. The van der Waals surface area contributed by atoms with E-state index in [0.717, 1.165) is 37.8 Å². The molecule has 0 saturated heterocycles. The molecule has 1 aromatic heterocycles. The van der Waals surface area contributed by atoms with Crippen molar-refractivity contribution in [1.82, 2.24) is 20.1 Å². The van der Waals surface area contributed by atoms with E-state index in [0.29, 0.717) is 12.0 Å². The van der Waals surface area contributed by atoms with Crippen molar-refractivity contribution >= 4 is 0 Å². The molecule has 108 valence electrons. The lowest BCUT2D eigenvalue weighted by molar-refractivity contribution is 0.0803. The number of hydrogen-bond acceptors (Lipinski definition) is 4. The van der Waals surface area contributed by atoms with Crippen LogP contribution in [0.1, 0.15) is 52.7 Å². The second-order valence-corrected chi connectivity index (χ2v) is 7.21. The molecule has 0 aliphatic carbocycles. The molecule has 1 aliphatic heterocycles. The summed E-state index contributed by atoms with van der Waals surface area (Å²) in [5, 5.41) is 12.1. The van der Waals surface area contributed by atoms with E-state index in [2.05, 4.69) is 54.7 Å². The first kappa shape index (κ1) is 14.5. The van der Waals surface area contributed by atoms with Gasteiger partial charge in [-0.25, -0.2) is 0 Å². The van der Waals surface area contributed by atoms with Gasteiger partial charge in [0.15, 0.2) is 5.82 Å². The molecule has 0 bridgehead atoms. The van der Waals surface area contributed by atoms with E-state index in [-0.39, 0.29) is 5.54 Å². The van der Waals surface area contributed by atoms with Gasteiger partial charge in [-0.15, -0.1) is 10.2 Å².